The third-order valence-electron chi connectivity index (χ3n) is 6.20. The van der Waals surface area contributed by atoms with Crippen LogP contribution in [0.1, 0.15) is 55.3 Å². The van der Waals surface area contributed by atoms with E-state index in [1.165, 1.54) is 34.9 Å². The first kappa shape index (κ1) is 19.8. The van der Waals surface area contributed by atoms with Crippen molar-refractivity contribution in [1.29, 1.82) is 0 Å². The van der Waals surface area contributed by atoms with Gasteiger partial charge in [0.15, 0.2) is 5.75 Å². The molecular formula is C24H32N3O2+. The van der Waals surface area contributed by atoms with Crippen LogP contribution in [0.3, 0.4) is 0 Å². The first-order chi connectivity index (χ1) is 14.0. The monoisotopic (exact) mass is 394 g/mol. The molecule has 1 aliphatic rings. The lowest BCUT2D eigenvalue weighted by Gasteiger charge is -2.23. The van der Waals surface area contributed by atoms with E-state index in [9.17, 15) is 0 Å². The number of ether oxygens (including phenoxy) is 1. The summed E-state index contributed by atoms with van der Waals surface area (Å²) < 4.78 is 7.53. The van der Waals surface area contributed by atoms with Crippen LogP contribution in [0.15, 0.2) is 30.5 Å². The molecule has 0 aliphatic carbocycles. The maximum atomic E-state index is 5.79. The Hall–Kier alpha value is -2.53. The molecule has 29 heavy (non-hydrogen) atoms. The molecule has 3 aromatic rings. The summed E-state index contributed by atoms with van der Waals surface area (Å²) in [4.78, 5) is 9.11. The van der Waals surface area contributed by atoms with Crippen molar-refractivity contribution >= 4 is 10.9 Å². The Bertz CT molecular complexity index is 1020. The van der Waals surface area contributed by atoms with Crippen LogP contribution in [-0.4, -0.2) is 32.3 Å². The van der Waals surface area contributed by atoms with E-state index >= 15 is 0 Å². The van der Waals surface area contributed by atoms with Crippen molar-refractivity contribution in [3.8, 4) is 17.0 Å². The first-order valence-corrected chi connectivity index (χ1v) is 10.6. The van der Waals surface area contributed by atoms with Crippen molar-refractivity contribution in [3.63, 3.8) is 0 Å². The van der Waals surface area contributed by atoms with E-state index in [-0.39, 0.29) is 0 Å². The van der Waals surface area contributed by atoms with Gasteiger partial charge in [-0.3, -0.25) is 4.84 Å². The Labute approximate surface area is 173 Å². The highest BCUT2D eigenvalue weighted by molar-refractivity contribution is 5.93. The highest BCUT2D eigenvalue weighted by Gasteiger charge is 2.25. The summed E-state index contributed by atoms with van der Waals surface area (Å²) in [5, 5.41) is 4.80. The minimum atomic E-state index is 0.391. The van der Waals surface area contributed by atoms with Crippen LogP contribution in [0.5, 0.6) is 5.75 Å². The topological polar surface area (TPSA) is 50.2 Å². The van der Waals surface area contributed by atoms with Gasteiger partial charge in [0.2, 0.25) is 6.20 Å². The van der Waals surface area contributed by atoms with Gasteiger partial charge in [-0.05, 0) is 61.0 Å². The fourth-order valence-electron chi connectivity index (χ4n) is 4.73. The number of rotatable bonds is 5. The molecular weight excluding hydrogens is 362 g/mol. The number of methoxy groups -OCH3 is 1. The van der Waals surface area contributed by atoms with Gasteiger partial charge in [0.25, 0.3) is 5.69 Å². The number of nitrogens with one attached hydrogen (secondary N) is 2. The Kier molecular flexibility index (Phi) is 5.50. The molecule has 3 heterocycles. The maximum absolute atomic E-state index is 5.79. The molecule has 5 heteroatoms. The van der Waals surface area contributed by atoms with E-state index in [0.717, 1.165) is 35.8 Å². The number of hydrogen-bond donors (Lipinski definition) is 2. The lowest BCUT2D eigenvalue weighted by molar-refractivity contribution is -0.889. The summed E-state index contributed by atoms with van der Waals surface area (Å²) in [5.41, 5.74) is 7.15. The van der Waals surface area contributed by atoms with E-state index < -0.39 is 0 Å². The van der Waals surface area contributed by atoms with Gasteiger partial charge >= 0.3 is 0 Å². The zero-order chi connectivity index (χ0) is 20.5. The standard InChI is InChI=1S/C24H31N3O2/c1-15(2)22-20-14-18(17-8-11-25-12-9-17)6-7-21(20)26-23(22)19-10-13-27(29-5)16(3)24(19)28-4/h6-7,10,13-15,17,25H,8-9,11-12H2,1-5H3/p+1. The normalized spacial score (nSPS) is 15.2. The number of aromatic amines is 1. The molecule has 0 spiro atoms. The van der Waals surface area contributed by atoms with E-state index in [1.54, 1.807) is 19.0 Å². The summed E-state index contributed by atoms with van der Waals surface area (Å²) in [6.07, 6.45) is 4.37. The molecule has 0 atom stereocenters. The number of hydrogen-bond acceptors (Lipinski definition) is 3. The zero-order valence-corrected chi connectivity index (χ0v) is 18.1. The molecule has 0 amide bonds. The van der Waals surface area contributed by atoms with Gasteiger partial charge < -0.3 is 15.0 Å². The van der Waals surface area contributed by atoms with Crippen molar-refractivity contribution in [2.45, 2.75) is 45.4 Å². The summed E-state index contributed by atoms with van der Waals surface area (Å²) in [6, 6.07) is 9.03. The number of fused-ring (bicyclic) bond motifs is 1. The second-order valence-electron chi connectivity index (χ2n) is 8.25. The minimum absolute atomic E-state index is 0.391. The number of pyridine rings is 1. The molecule has 2 aromatic heterocycles. The fraction of sp³-hybridized carbons (Fsp3) is 0.458. The molecule has 2 N–H and O–H groups in total. The largest absolute Gasteiger partial charge is 0.490 e. The highest BCUT2D eigenvalue weighted by atomic mass is 16.6. The van der Waals surface area contributed by atoms with Gasteiger partial charge in [0.05, 0.1) is 18.4 Å². The van der Waals surface area contributed by atoms with Crippen molar-refractivity contribution in [2.75, 3.05) is 27.3 Å². The van der Waals surface area contributed by atoms with Gasteiger partial charge in [0.1, 0.15) is 7.11 Å². The van der Waals surface area contributed by atoms with Crippen molar-refractivity contribution < 1.29 is 14.3 Å². The molecule has 0 saturated carbocycles. The van der Waals surface area contributed by atoms with Crippen molar-refractivity contribution in [3.05, 3.63) is 47.3 Å². The van der Waals surface area contributed by atoms with Crippen LogP contribution in [0, 0.1) is 6.92 Å². The Morgan fingerprint density at radius 2 is 1.86 bits per heavy atom. The van der Waals surface area contributed by atoms with E-state index in [1.807, 2.05) is 13.1 Å². The summed E-state index contributed by atoms with van der Waals surface area (Å²) in [6.45, 7) is 8.76. The molecule has 154 valence electrons. The Morgan fingerprint density at radius 3 is 2.52 bits per heavy atom. The Morgan fingerprint density at radius 1 is 1.10 bits per heavy atom. The average molecular weight is 395 g/mol. The third-order valence-corrected chi connectivity index (χ3v) is 6.20. The number of piperidine rings is 1. The van der Waals surface area contributed by atoms with Crippen LogP contribution < -0.4 is 19.6 Å². The van der Waals surface area contributed by atoms with E-state index in [2.05, 4.69) is 48.4 Å². The van der Waals surface area contributed by atoms with Crippen LogP contribution in [-0.2, 0) is 0 Å². The number of H-pyrrole nitrogens is 1. The zero-order valence-electron chi connectivity index (χ0n) is 18.1. The molecule has 1 saturated heterocycles. The summed E-state index contributed by atoms with van der Waals surface area (Å²) >= 11 is 0. The van der Waals surface area contributed by atoms with Gasteiger partial charge in [-0.15, -0.1) is 0 Å². The Balaban J connectivity index is 1.89. The highest BCUT2D eigenvalue weighted by Crippen LogP contribution is 2.41. The quantitative estimate of drug-likeness (QED) is 0.641. The van der Waals surface area contributed by atoms with Gasteiger partial charge in [-0.25, -0.2) is 0 Å². The molecule has 1 aliphatic heterocycles. The third kappa shape index (κ3) is 3.48. The number of aromatic nitrogens is 2. The maximum Gasteiger partial charge on any atom is 0.273 e. The van der Waals surface area contributed by atoms with Crippen molar-refractivity contribution in [2.24, 2.45) is 0 Å². The summed E-state index contributed by atoms with van der Waals surface area (Å²) in [5.74, 6) is 1.87. The van der Waals surface area contributed by atoms with Crippen LogP contribution in [0.2, 0.25) is 0 Å². The molecule has 4 rings (SSSR count). The van der Waals surface area contributed by atoms with Gasteiger partial charge in [-0.2, -0.15) is 0 Å². The number of benzene rings is 1. The second-order valence-corrected chi connectivity index (χ2v) is 8.25. The summed E-state index contributed by atoms with van der Waals surface area (Å²) in [7, 11) is 3.38. The van der Waals surface area contributed by atoms with Crippen LogP contribution in [0.4, 0.5) is 0 Å². The fourth-order valence-corrected chi connectivity index (χ4v) is 4.73. The first-order valence-electron chi connectivity index (χ1n) is 10.6. The molecule has 0 radical (unpaired) electrons. The molecule has 0 unspecified atom stereocenters. The molecule has 1 fully saturated rings. The predicted octanol–water partition coefficient (Wildman–Crippen LogP) is 4.09. The second kappa shape index (κ2) is 8.07. The smallest absolute Gasteiger partial charge is 0.273 e. The van der Waals surface area contributed by atoms with E-state index in [0.29, 0.717) is 11.8 Å². The van der Waals surface area contributed by atoms with Crippen LogP contribution >= 0.6 is 0 Å². The van der Waals surface area contributed by atoms with E-state index in [4.69, 9.17) is 9.57 Å². The van der Waals surface area contributed by atoms with Gasteiger partial charge in [0, 0.05) is 28.6 Å². The molecule has 0 bridgehead atoms. The molecule has 5 nitrogen and oxygen atoms in total. The van der Waals surface area contributed by atoms with Crippen molar-refractivity contribution in [1.82, 2.24) is 10.3 Å². The minimum Gasteiger partial charge on any atom is -0.490 e. The number of nitrogens with zero attached hydrogens (tertiary/aromatic N) is 1. The lowest BCUT2D eigenvalue weighted by atomic mass is 9.88. The average Bonchev–Trinajstić information content (AvgIpc) is 3.12. The lowest BCUT2D eigenvalue weighted by Crippen LogP contribution is -2.43. The van der Waals surface area contributed by atoms with Crippen LogP contribution in [0.25, 0.3) is 22.2 Å². The predicted molar refractivity (Wildman–Crippen MR) is 117 cm³/mol. The van der Waals surface area contributed by atoms with Gasteiger partial charge in [-0.1, -0.05) is 19.9 Å². The molecule has 1 aromatic carbocycles. The SMILES string of the molecule is COc1c(-c2[nH]c3ccc(C4CCNCC4)cc3c2C(C)C)cc[n+](OC)c1C.